The first-order chi connectivity index (χ1) is 9.24. The van der Waals surface area contributed by atoms with Crippen molar-refractivity contribution in [3.8, 4) is 10.4 Å². The van der Waals surface area contributed by atoms with Crippen LogP contribution >= 0.6 is 11.3 Å². The van der Waals surface area contributed by atoms with Crippen LogP contribution in [0.5, 0.6) is 0 Å². The number of hydrogen-bond acceptors (Lipinski definition) is 4. The van der Waals surface area contributed by atoms with Crippen molar-refractivity contribution in [3.63, 3.8) is 0 Å². The van der Waals surface area contributed by atoms with Crippen molar-refractivity contribution in [2.75, 3.05) is 6.61 Å². The number of carbonyl (C=O) groups is 1. The second-order valence-corrected chi connectivity index (χ2v) is 5.45. The van der Waals surface area contributed by atoms with Crippen molar-refractivity contribution in [2.45, 2.75) is 25.5 Å². The zero-order valence-electron chi connectivity index (χ0n) is 10.3. The van der Waals surface area contributed by atoms with E-state index in [4.69, 9.17) is 9.84 Å². The predicted octanol–water partition coefficient (Wildman–Crippen LogP) is 3.01. The van der Waals surface area contributed by atoms with Gasteiger partial charge in [-0.05, 0) is 25.3 Å². The molecule has 0 bridgehead atoms. The lowest BCUT2D eigenvalue weighted by atomic mass is 10.2. The smallest absolute Gasteiger partial charge is 0.336 e. The minimum atomic E-state index is -0.898. The van der Waals surface area contributed by atoms with E-state index in [1.165, 1.54) is 11.3 Å². The summed E-state index contributed by atoms with van der Waals surface area (Å²) in [4.78, 5) is 11.8. The minimum Gasteiger partial charge on any atom is -0.478 e. The molecule has 19 heavy (non-hydrogen) atoms. The number of hydrogen-bond donors (Lipinski definition) is 1. The maximum absolute atomic E-state index is 10.9. The quantitative estimate of drug-likeness (QED) is 0.937. The number of ether oxygens (including phenoxy) is 1. The van der Waals surface area contributed by atoms with Crippen molar-refractivity contribution in [1.29, 1.82) is 0 Å². The fourth-order valence-corrected chi connectivity index (χ4v) is 3.01. The van der Waals surface area contributed by atoms with Gasteiger partial charge in [0.1, 0.15) is 6.23 Å². The lowest BCUT2D eigenvalue weighted by Gasteiger charge is -2.22. The standard InChI is InChI=1S/C13H14N2O3S/c16-13(17)9-5-11(19-8-9)10-6-14-15(7-10)12-3-1-2-4-18-12/h5-8,12H,1-4H2,(H,16,17). The van der Waals surface area contributed by atoms with Crippen LogP contribution in [0.25, 0.3) is 10.4 Å². The van der Waals surface area contributed by atoms with Gasteiger partial charge in [-0.15, -0.1) is 11.3 Å². The fourth-order valence-electron chi connectivity index (χ4n) is 2.15. The highest BCUT2D eigenvalue weighted by molar-refractivity contribution is 7.13. The third-order valence-corrected chi connectivity index (χ3v) is 4.16. The second kappa shape index (κ2) is 5.14. The minimum absolute atomic E-state index is 0.0152. The summed E-state index contributed by atoms with van der Waals surface area (Å²) in [5, 5.41) is 14.9. The molecule has 6 heteroatoms. The van der Waals surface area contributed by atoms with Gasteiger partial charge in [-0.2, -0.15) is 5.10 Å². The Morgan fingerprint density at radius 1 is 1.53 bits per heavy atom. The predicted molar refractivity (Wildman–Crippen MR) is 71.3 cm³/mol. The molecule has 1 unspecified atom stereocenters. The Morgan fingerprint density at radius 2 is 2.42 bits per heavy atom. The van der Waals surface area contributed by atoms with Crippen LogP contribution in [0.1, 0.15) is 35.8 Å². The number of rotatable bonds is 3. The van der Waals surface area contributed by atoms with Gasteiger partial charge < -0.3 is 9.84 Å². The SMILES string of the molecule is O=C(O)c1csc(-c2cnn(C3CCCCO3)c2)c1. The molecule has 1 saturated heterocycles. The molecule has 1 fully saturated rings. The topological polar surface area (TPSA) is 64.3 Å². The van der Waals surface area contributed by atoms with E-state index >= 15 is 0 Å². The third kappa shape index (κ3) is 2.54. The van der Waals surface area contributed by atoms with E-state index in [1.54, 1.807) is 17.6 Å². The molecule has 100 valence electrons. The first-order valence-electron chi connectivity index (χ1n) is 6.22. The Hall–Kier alpha value is -1.66. The Kier molecular flexibility index (Phi) is 3.35. The summed E-state index contributed by atoms with van der Waals surface area (Å²) in [6, 6.07) is 1.68. The lowest BCUT2D eigenvalue weighted by molar-refractivity contribution is -0.0394. The highest BCUT2D eigenvalue weighted by Crippen LogP contribution is 2.29. The van der Waals surface area contributed by atoms with Gasteiger partial charge in [-0.3, -0.25) is 0 Å². The number of aromatic carboxylic acids is 1. The van der Waals surface area contributed by atoms with E-state index in [0.717, 1.165) is 36.3 Å². The molecule has 5 nitrogen and oxygen atoms in total. The normalized spacial score (nSPS) is 19.5. The molecule has 1 atom stereocenters. The largest absolute Gasteiger partial charge is 0.478 e. The maximum atomic E-state index is 10.9. The summed E-state index contributed by atoms with van der Waals surface area (Å²) in [6.45, 7) is 0.780. The van der Waals surface area contributed by atoms with Gasteiger partial charge in [-0.1, -0.05) is 0 Å². The summed E-state index contributed by atoms with van der Waals surface area (Å²) in [5.41, 5.74) is 1.26. The summed E-state index contributed by atoms with van der Waals surface area (Å²) in [5.74, 6) is -0.898. The highest BCUT2D eigenvalue weighted by Gasteiger charge is 2.17. The average Bonchev–Trinajstić information content (AvgIpc) is 3.09. The first-order valence-corrected chi connectivity index (χ1v) is 7.10. The summed E-state index contributed by atoms with van der Waals surface area (Å²) in [6.07, 6.45) is 6.94. The highest BCUT2D eigenvalue weighted by atomic mass is 32.1. The molecule has 0 aromatic carbocycles. The van der Waals surface area contributed by atoms with E-state index in [0.29, 0.717) is 5.56 Å². The van der Waals surface area contributed by atoms with Gasteiger partial charge in [0.15, 0.2) is 0 Å². The molecular weight excluding hydrogens is 264 g/mol. The molecule has 0 saturated carbocycles. The van der Waals surface area contributed by atoms with Crippen molar-refractivity contribution in [1.82, 2.24) is 9.78 Å². The van der Waals surface area contributed by atoms with E-state index in [1.807, 2.05) is 10.9 Å². The first kappa shape index (κ1) is 12.4. The molecule has 1 aliphatic rings. The molecule has 3 rings (SSSR count). The fraction of sp³-hybridized carbons (Fsp3) is 0.385. The number of carboxylic acids is 1. The third-order valence-electron chi connectivity index (χ3n) is 3.18. The average molecular weight is 278 g/mol. The lowest BCUT2D eigenvalue weighted by Crippen LogP contribution is -2.18. The zero-order chi connectivity index (χ0) is 13.2. The second-order valence-electron chi connectivity index (χ2n) is 4.54. The van der Waals surface area contributed by atoms with Crippen LogP contribution < -0.4 is 0 Å². The van der Waals surface area contributed by atoms with Crippen molar-refractivity contribution < 1.29 is 14.6 Å². The Balaban J connectivity index is 1.81. The van der Waals surface area contributed by atoms with E-state index in [2.05, 4.69) is 5.10 Å². The number of nitrogens with zero attached hydrogens (tertiary/aromatic N) is 2. The van der Waals surface area contributed by atoms with Gasteiger partial charge in [0, 0.05) is 28.6 Å². The molecule has 1 N–H and O–H groups in total. The zero-order valence-corrected chi connectivity index (χ0v) is 11.1. The van der Waals surface area contributed by atoms with Gasteiger partial charge in [0.05, 0.1) is 11.8 Å². The summed E-state index contributed by atoms with van der Waals surface area (Å²) >= 11 is 1.42. The van der Waals surface area contributed by atoms with Crippen LogP contribution in [-0.2, 0) is 4.74 Å². The van der Waals surface area contributed by atoms with Crippen LogP contribution in [0.3, 0.4) is 0 Å². The molecule has 3 heterocycles. The molecular formula is C13H14N2O3S. The van der Waals surface area contributed by atoms with Crippen LogP contribution in [0.4, 0.5) is 0 Å². The van der Waals surface area contributed by atoms with Crippen LogP contribution in [0, 0.1) is 0 Å². The van der Waals surface area contributed by atoms with Crippen LogP contribution in [0.2, 0.25) is 0 Å². The number of thiophene rings is 1. The van der Waals surface area contributed by atoms with Gasteiger partial charge in [-0.25, -0.2) is 9.48 Å². The molecule has 2 aromatic rings. The molecule has 1 aliphatic heterocycles. The molecule has 2 aromatic heterocycles. The van der Waals surface area contributed by atoms with Crippen LogP contribution in [-0.4, -0.2) is 27.5 Å². The molecule has 0 radical (unpaired) electrons. The van der Waals surface area contributed by atoms with Gasteiger partial charge in [0.2, 0.25) is 0 Å². The van der Waals surface area contributed by atoms with E-state index in [-0.39, 0.29) is 6.23 Å². The Bertz CT molecular complexity index is 584. The molecule has 0 spiro atoms. The van der Waals surface area contributed by atoms with Crippen LogP contribution in [0.15, 0.2) is 23.8 Å². The Labute approximate surface area is 114 Å². The number of carboxylic acid groups (broad SMARTS) is 1. The monoisotopic (exact) mass is 278 g/mol. The van der Waals surface area contributed by atoms with Crippen molar-refractivity contribution >= 4 is 17.3 Å². The Morgan fingerprint density at radius 3 is 3.11 bits per heavy atom. The van der Waals surface area contributed by atoms with E-state index < -0.39 is 5.97 Å². The van der Waals surface area contributed by atoms with Gasteiger partial charge in [0.25, 0.3) is 0 Å². The summed E-state index contributed by atoms with van der Waals surface area (Å²) in [7, 11) is 0. The maximum Gasteiger partial charge on any atom is 0.336 e. The van der Waals surface area contributed by atoms with Crippen molar-refractivity contribution in [3.05, 3.63) is 29.4 Å². The number of aromatic nitrogens is 2. The molecule has 0 aliphatic carbocycles. The van der Waals surface area contributed by atoms with Gasteiger partial charge >= 0.3 is 5.97 Å². The van der Waals surface area contributed by atoms with Crippen molar-refractivity contribution in [2.24, 2.45) is 0 Å². The molecule has 0 amide bonds. The summed E-state index contributed by atoms with van der Waals surface area (Å²) < 4.78 is 7.49. The van der Waals surface area contributed by atoms with E-state index in [9.17, 15) is 4.79 Å².